The second kappa shape index (κ2) is 4.99. The van der Waals surface area contributed by atoms with E-state index < -0.39 is 0 Å². The van der Waals surface area contributed by atoms with E-state index in [1.165, 1.54) is 20.9 Å². The van der Waals surface area contributed by atoms with E-state index in [9.17, 15) is 0 Å². The van der Waals surface area contributed by atoms with Crippen molar-refractivity contribution in [2.45, 2.75) is 30.1 Å². The lowest BCUT2D eigenvalue weighted by Gasteiger charge is -2.15. The first-order valence-corrected chi connectivity index (χ1v) is 7.10. The van der Waals surface area contributed by atoms with E-state index in [4.69, 9.17) is 5.73 Å². The van der Waals surface area contributed by atoms with E-state index in [1.807, 2.05) is 0 Å². The van der Waals surface area contributed by atoms with Gasteiger partial charge in [-0.15, -0.1) is 23.5 Å². The Kier molecular flexibility index (Phi) is 4.20. The average Bonchev–Trinajstić information content (AvgIpc) is 2.20. The summed E-state index contributed by atoms with van der Waals surface area (Å²) in [6.45, 7) is 4.26. The van der Waals surface area contributed by atoms with Crippen LogP contribution in [0.1, 0.15) is 18.1 Å². The first-order valence-electron chi connectivity index (χ1n) is 4.65. The maximum absolute atomic E-state index is 6.06. The summed E-state index contributed by atoms with van der Waals surface area (Å²) in [4.78, 5) is 2.63. The molecule has 0 spiro atoms. The number of rotatable bonds is 3. The van der Waals surface area contributed by atoms with E-state index in [2.05, 4.69) is 32.4 Å². The maximum Gasteiger partial charge on any atom is 0.0485 e. The predicted molar refractivity (Wildman–Crippen MR) is 68.5 cm³/mol. The van der Waals surface area contributed by atoms with Crippen molar-refractivity contribution in [3.05, 3.63) is 17.2 Å². The molecule has 0 heterocycles. The molecule has 0 unspecified atom stereocenters. The zero-order valence-electron chi connectivity index (χ0n) is 9.18. The maximum atomic E-state index is 6.06. The first kappa shape index (κ1) is 11.8. The van der Waals surface area contributed by atoms with Gasteiger partial charge in [-0.05, 0) is 43.0 Å². The Hall–Kier alpha value is -0.280. The number of hydrogen-bond donors (Lipinski definition) is 1. The molecular weight excluding hydrogens is 210 g/mol. The van der Waals surface area contributed by atoms with Crippen molar-refractivity contribution in [1.29, 1.82) is 0 Å². The smallest absolute Gasteiger partial charge is 0.0485 e. The molecule has 0 aliphatic rings. The van der Waals surface area contributed by atoms with Gasteiger partial charge in [-0.25, -0.2) is 0 Å². The molecule has 0 bridgehead atoms. The summed E-state index contributed by atoms with van der Waals surface area (Å²) >= 11 is 3.56. The van der Waals surface area contributed by atoms with E-state index >= 15 is 0 Å². The third-order valence-electron chi connectivity index (χ3n) is 2.37. The fourth-order valence-electron chi connectivity index (χ4n) is 1.57. The summed E-state index contributed by atoms with van der Waals surface area (Å²) in [6.07, 6.45) is 5.26. The number of nitrogens with two attached hydrogens (primary N) is 1. The highest BCUT2D eigenvalue weighted by molar-refractivity contribution is 7.99. The molecule has 0 aliphatic heterocycles. The molecule has 0 aromatic heterocycles. The second-order valence-corrected chi connectivity index (χ2v) is 4.84. The molecule has 0 atom stereocenters. The van der Waals surface area contributed by atoms with Gasteiger partial charge < -0.3 is 5.73 Å². The summed E-state index contributed by atoms with van der Waals surface area (Å²) in [6, 6.07) is 2.19. The Morgan fingerprint density at radius 2 is 1.93 bits per heavy atom. The molecule has 0 saturated carbocycles. The lowest BCUT2D eigenvalue weighted by molar-refractivity contribution is 1.02. The number of nitrogen functional groups attached to an aromatic ring is 1. The van der Waals surface area contributed by atoms with Crippen molar-refractivity contribution < 1.29 is 0 Å². The van der Waals surface area contributed by atoms with Crippen LogP contribution in [0.15, 0.2) is 15.9 Å². The van der Waals surface area contributed by atoms with Crippen molar-refractivity contribution in [2.75, 3.05) is 18.2 Å². The lowest BCUT2D eigenvalue weighted by Crippen LogP contribution is -1.99. The minimum absolute atomic E-state index is 0.951. The highest BCUT2D eigenvalue weighted by Crippen LogP contribution is 2.36. The van der Waals surface area contributed by atoms with Gasteiger partial charge in [-0.1, -0.05) is 6.92 Å². The van der Waals surface area contributed by atoms with Crippen LogP contribution in [0.5, 0.6) is 0 Å². The largest absolute Gasteiger partial charge is 0.398 e. The molecule has 1 aromatic carbocycles. The molecule has 0 radical (unpaired) electrons. The van der Waals surface area contributed by atoms with Gasteiger partial charge >= 0.3 is 0 Å². The highest BCUT2D eigenvalue weighted by Gasteiger charge is 2.11. The Morgan fingerprint density at radius 3 is 2.36 bits per heavy atom. The SMILES string of the molecule is CCc1c(SC)cc(C)c(N)c1SC. The van der Waals surface area contributed by atoms with Crippen LogP contribution in [-0.2, 0) is 6.42 Å². The molecular formula is C11H17NS2. The third-order valence-corrected chi connectivity index (χ3v) is 4.04. The van der Waals surface area contributed by atoms with Gasteiger partial charge in [0.25, 0.3) is 0 Å². The third kappa shape index (κ3) is 2.04. The fraction of sp³-hybridized carbons (Fsp3) is 0.455. The van der Waals surface area contributed by atoms with E-state index in [0.717, 1.165) is 12.1 Å². The van der Waals surface area contributed by atoms with Crippen LogP contribution in [0.2, 0.25) is 0 Å². The van der Waals surface area contributed by atoms with Crippen LogP contribution < -0.4 is 5.73 Å². The van der Waals surface area contributed by atoms with Crippen LogP contribution in [0.4, 0.5) is 5.69 Å². The monoisotopic (exact) mass is 227 g/mol. The van der Waals surface area contributed by atoms with E-state index in [0.29, 0.717) is 0 Å². The van der Waals surface area contributed by atoms with E-state index in [1.54, 1.807) is 23.5 Å². The Morgan fingerprint density at radius 1 is 1.29 bits per heavy atom. The molecule has 2 N–H and O–H groups in total. The molecule has 0 saturated heterocycles. The zero-order valence-corrected chi connectivity index (χ0v) is 10.8. The molecule has 1 nitrogen and oxygen atoms in total. The van der Waals surface area contributed by atoms with Gasteiger partial charge in [0.1, 0.15) is 0 Å². The van der Waals surface area contributed by atoms with Gasteiger partial charge in [0.15, 0.2) is 0 Å². The molecule has 0 fully saturated rings. The van der Waals surface area contributed by atoms with Gasteiger partial charge in [0.2, 0.25) is 0 Å². The fourth-order valence-corrected chi connectivity index (χ4v) is 3.30. The second-order valence-electron chi connectivity index (χ2n) is 3.17. The summed E-state index contributed by atoms with van der Waals surface area (Å²) < 4.78 is 0. The normalized spacial score (nSPS) is 10.6. The molecule has 0 amide bonds. The molecule has 3 heteroatoms. The van der Waals surface area contributed by atoms with Crippen LogP contribution in [-0.4, -0.2) is 12.5 Å². The van der Waals surface area contributed by atoms with Crippen LogP contribution in [0.25, 0.3) is 0 Å². The van der Waals surface area contributed by atoms with Crippen molar-refractivity contribution in [3.63, 3.8) is 0 Å². The van der Waals surface area contributed by atoms with Crippen LogP contribution in [0, 0.1) is 6.92 Å². The van der Waals surface area contributed by atoms with Crippen molar-refractivity contribution in [1.82, 2.24) is 0 Å². The lowest BCUT2D eigenvalue weighted by atomic mass is 10.1. The minimum Gasteiger partial charge on any atom is -0.398 e. The van der Waals surface area contributed by atoms with Crippen LogP contribution in [0.3, 0.4) is 0 Å². The van der Waals surface area contributed by atoms with Gasteiger partial charge in [0, 0.05) is 15.5 Å². The van der Waals surface area contributed by atoms with Crippen molar-refractivity contribution in [2.24, 2.45) is 0 Å². The topological polar surface area (TPSA) is 26.0 Å². The number of thioether (sulfide) groups is 2. The first-order chi connectivity index (χ1) is 6.65. The van der Waals surface area contributed by atoms with Gasteiger partial charge in [-0.3, -0.25) is 0 Å². The number of aryl methyl sites for hydroxylation is 1. The van der Waals surface area contributed by atoms with Crippen molar-refractivity contribution >= 4 is 29.2 Å². The summed E-state index contributed by atoms with van der Waals surface area (Å²) in [7, 11) is 0. The molecule has 78 valence electrons. The summed E-state index contributed by atoms with van der Waals surface area (Å²) in [5.41, 5.74) is 9.60. The number of benzene rings is 1. The minimum atomic E-state index is 0.951. The standard InChI is InChI=1S/C11H17NS2/c1-5-8-9(13-3)6-7(2)10(12)11(8)14-4/h6H,5,12H2,1-4H3. The molecule has 14 heavy (non-hydrogen) atoms. The Labute approximate surface area is 94.8 Å². The summed E-state index contributed by atoms with van der Waals surface area (Å²) in [5, 5.41) is 0. The molecule has 0 aliphatic carbocycles. The predicted octanol–water partition coefficient (Wildman–Crippen LogP) is 3.58. The van der Waals surface area contributed by atoms with Gasteiger partial charge in [0.05, 0.1) is 0 Å². The Bertz CT molecular complexity index is 335. The van der Waals surface area contributed by atoms with Crippen LogP contribution >= 0.6 is 23.5 Å². The molecule has 1 rings (SSSR count). The highest BCUT2D eigenvalue weighted by atomic mass is 32.2. The Balaban J connectivity index is 3.42. The van der Waals surface area contributed by atoms with E-state index in [-0.39, 0.29) is 0 Å². The molecule has 1 aromatic rings. The summed E-state index contributed by atoms with van der Waals surface area (Å²) in [5.74, 6) is 0. The van der Waals surface area contributed by atoms with Crippen molar-refractivity contribution in [3.8, 4) is 0 Å². The van der Waals surface area contributed by atoms with Gasteiger partial charge in [-0.2, -0.15) is 0 Å². The number of hydrogen-bond acceptors (Lipinski definition) is 3. The quantitative estimate of drug-likeness (QED) is 0.631. The average molecular weight is 227 g/mol. The number of anilines is 1. The zero-order chi connectivity index (χ0) is 10.7.